The van der Waals surface area contributed by atoms with Crippen molar-refractivity contribution in [2.75, 3.05) is 6.54 Å². The molecule has 0 atom stereocenters. The van der Waals surface area contributed by atoms with Gasteiger partial charge in [0.25, 0.3) is 0 Å². The van der Waals surface area contributed by atoms with Crippen molar-refractivity contribution in [3.05, 3.63) is 59.2 Å². The summed E-state index contributed by atoms with van der Waals surface area (Å²) in [6.45, 7) is 8.63. The van der Waals surface area contributed by atoms with Crippen molar-refractivity contribution in [3.8, 4) is 11.1 Å². The maximum absolute atomic E-state index is 3.47. The Morgan fingerprint density at radius 1 is 0.950 bits per heavy atom. The molecule has 0 amide bonds. The molecule has 106 valence electrons. The molecule has 0 bridgehead atoms. The minimum absolute atomic E-state index is 0.953. The van der Waals surface area contributed by atoms with E-state index < -0.39 is 0 Å². The molecule has 0 unspecified atom stereocenters. The first-order valence-corrected chi connectivity index (χ1v) is 7.64. The van der Waals surface area contributed by atoms with E-state index >= 15 is 0 Å². The van der Waals surface area contributed by atoms with Gasteiger partial charge >= 0.3 is 0 Å². The van der Waals surface area contributed by atoms with Crippen LogP contribution in [0.3, 0.4) is 0 Å². The Hall–Kier alpha value is -1.60. The molecular formula is C19H25N. The van der Waals surface area contributed by atoms with E-state index in [1.807, 2.05) is 0 Å². The monoisotopic (exact) mass is 267 g/mol. The number of hydrogen-bond donors (Lipinski definition) is 1. The second-order valence-electron chi connectivity index (χ2n) is 5.38. The van der Waals surface area contributed by atoms with Crippen LogP contribution >= 0.6 is 0 Å². The lowest BCUT2D eigenvalue weighted by atomic mass is 9.96. The smallest absolute Gasteiger partial charge is 0.0205 e. The highest BCUT2D eigenvalue weighted by atomic mass is 14.8. The first-order chi connectivity index (χ1) is 9.74. The fourth-order valence-electron chi connectivity index (χ4n) is 2.46. The van der Waals surface area contributed by atoms with Crippen LogP contribution in [0.15, 0.2) is 42.5 Å². The molecular weight excluding hydrogens is 242 g/mol. The first-order valence-electron chi connectivity index (χ1n) is 7.64. The van der Waals surface area contributed by atoms with Gasteiger partial charge in [-0.05, 0) is 60.2 Å². The number of hydrogen-bond acceptors (Lipinski definition) is 1. The summed E-state index contributed by atoms with van der Waals surface area (Å²) in [6, 6.07) is 15.7. The molecule has 1 nitrogen and oxygen atoms in total. The van der Waals surface area contributed by atoms with Gasteiger partial charge in [-0.25, -0.2) is 0 Å². The third kappa shape index (κ3) is 3.71. The summed E-state index contributed by atoms with van der Waals surface area (Å²) in [5.74, 6) is 0. The van der Waals surface area contributed by atoms with Gasteiger partial charge in [-0.15, -0.1) is 0 Å². The van der Waals surface area contributed by atoms with E-state index in [1.165, 1.54) is 34.2 Å². The van der Waals surface area contributed by atoms with Crippen LogP contribution in [0.1, 0.15) is 37.0 Å². The van der Waals surface area contributed by atoms with E-state index in [9.17, 15) is 0 Å². The number of aryl methyl sites for hydroxylation is 2. The Morgan fingerprint density at radius 2 is 1.80 bits per heavy atom. The highest BCUT2D eigenvalue weighted by molar-refractivity contribution is 5.68. The summed E-state index contributed by atoms with van der Waals surface area (Å²) >= 11 is 0. The molecule has 2 aromatic carbocycles. The Balaban J connectivity index is 2.27. The second-order valence-corrected chi connectivity index (χ2v) is 5.38. The normalized spacial score (nSPS) is 10.8. The summed E-state index contributed by atoms with van der Waals surface area (Å²) < 4.78 is 0. The fraction of sp³-hybridized carbons (Fsp3) is 0.368. The Kier molecular flexibility index (Phi) is 5.37. The number of benzene rings is 2. The number of nitrogens with one attached hydrogen (secondary N) is 1. The van der Waals surface area contributed by atoms with E-state index in [1.54, 1.807) is 0 Å². The highest BCUT2D eigenvalue weighted by Gasteiger charge is 2.04. The Bertz CT molecular complexity index is 557. The van der Waals surface area contributed by atoms with Gasteiger partial charge in [0, 0.05) is 6.54 Å². The molecule has 1 heteroatoms. The molecule has 0 saturated carbocycles. The van der Waals surface area contributed by atoms with Crippen LogP contribution in [0.4, 0.5) is 0 Å². The average Bonchev–Trinajstić information content (AvgIpc) is 2.49. The van der Waals surface area contributed by atoms with Crippen LogP contribution in [0, 0.1) is 6.92 Å². The lowest BCUT2D eigenvalue weighted by Crippen LogP contribution is -2.13. The SMILES string of the molecule is CCCNCc1ccc(C)c(-c2cccc(CC)c2)c1. The molecule has 0 aliphatic rings. The largest absolute Gasteiger partial charge is 0.313 e. The van der Waals surface area contributed by atoms with Crippen molar-refractivity contribution in [3.63, 3.8) is 0 Å². The predicted molar refractivity (Wildman–Crippen MR) is 88.0 cm³/mol. The third-order valence-electron chi connectivity index (χ3n) is 3.70. The topological polar surface area (TPSA) is 12.0 Å². The Labute approximate surface area is 123 Å². The van der Waals surface area contributed by atoms with E-state index in [4.69, 9.17) is 0 Å². The van der Waals surface area contributed by atoms with Crippen LogP contribution < -0.4 is 5.32 Å². The van der Waals surface area contributed by atoms with Crippen LogP contribution in [0.5, 0.6) is 0 Å². The molecule has 2 rings (SSSR count). The molecule has 0 fully saturated rings. The van der Waals surface area contributed by atoms with Crippen LogP contribution in [-0.2, 0) is 13.0 Å². The maximum atomic E-state index is 3.47. The van der Waals surface area contributed by atoms with Gasteiger partial charge in [0.05, 0.1) is 0 Å². The van der Waals surface area contributed by atoms with Crippen molar-refractivity contribution < 1.29 is 0 Å². The van der Waals surface area contributed by atoms with Gasteiger partial charge in [0.2, 0.25) is 0 Å². The zero-order valence-corrected chi connectivity index (χ0v) is 12.9. The van der Waals surface area contributed by atoms with Crippen molar-refractivity contribution >= 4 is 0 Å². The molecule has 0 aliphatic heterocycles. The molecule has 1 N–H and O–H groups in total. The van der Waals surface area contributed by atoms with E-state index in [-0.39, 0.29) is 0 Å². The number of rotatable bonds is 6. The summed E-state index contributed by atoms with van der Waals surface area (Å²) in [7, 11) is 0. The summed E-state index contributed by atoms with van der Waals surface area (Å²) in [4.78, 5) is 0. The summed E-state index contributed by atoms with van der Waals surface area (Å²) in [5.41, 5.74) is 6.80. The molecule has 0 aliphatic carbocycles. The van der Waals surface area contributed by atoms with Gasteiger partial charge in [-0.1, -0.05) is 50.2 Å². The fourth-order valence-corrected chi connectivity index (χ4v) is 2.46. The van der Waals surface area contributed by atoms with Gasteiger partial charge in [0.1, 0.15) is 0 Å². The zero-order chi connectivity index (χ0) is 14.4. The lowest BCUT2D eigenvalue weighted by molar-refractivity contribution is 0.675. The van der Waals surface area contributed by atoms with Crippen molar-refractivity contribution in [2.24, 2.45) is 0 Å². The molecule has 0 heterocycles. The van der Waals surface area contributed by atoms with Crippen molar-refractivity contribution in [1.82, 2.24) is 5.32 Å². The maximum Gasteiger partial charge on any atom is 0.0205 e. The first kappa shape index (κ1) is 14.8. The van der Waals surface area contributed by atoms with Crippen molar-refractivity contribution in [1.29, 1.82) is 0 Å². The molecule has 20 heavy (non-hydrogen) atoms. The van der Waals surface area contributed by atoms with Gasteiger partial charge in [-0.3, -0.25) is 0 Å². The lowest BCUT2D eigenvalue weighted by Gasteiger charge is -2.11. The molecule has 0 aromatic heterocycles. The quantitative estimate of drug-likeness (QED) is 0.746. The Morgan fingerprint density at radius 3 is 2.55 bits per heavy atom. The molecule has 2 aromatic rings. The zero-order valence-electron chi connectivity index (χ0n) is 12.9. The van der Waals surface area contributed by atoms with E-state index in [2.05, 4.69) is 68.6 Å². The predicted octanol–water partition coefficient (Wildman–Crippen LogP) is 4.72. The minimum atomic E-state index is 0.953. The van der Waals surface area contributed by atoms with Gasteiger partial charge in [-0.2, -0.15) is 0 Å². The third-order valence-corrected chi connectivity index (χ3v) is 3.70. The average molecular weight is 267 g/mol. The van der Waals surface area contributed by atoms with E-state index in [0.29, 0.717) is 0 Å². The van der Waals surface area contributed by atoms with Crippen molar-refractivity contribution in [2.45, 2.75) is 40.2 Å². The molecule has 0 radical (unpaired) electrons. The van der Waals surface area contributed by atoms with Gasteiger partial charge in [0.15, 0.2) is 0 Å². The van der Waals surface area contributed by atoms with E-state index in [0.717, 1.165) is 19.5 Å². The molecule has 0 spiro atoms. The van der Waals surface area contributed by atoms with Crippen LogP contribution in [0.25, 0.3) is 11.1 Å². The molecule has 0 saturated heterocycles. The second kappa shape index (κ2) is 7.25. The van der Waals surface area contributed by atoms with Crippen LogP contribution in [0.2, 0.25) is 0 Å². The highest BCUT2D eigenvalue weighted by Crippen LogP contribution is 2.25. The minimum Gasteiger partial charge on any atom is -0.313 e. The summed E-state index contributed by atoms with van der Waals surface area (Å²) in [6.07, 6.45) is 2.27. The summed E-state index contributed by atoms with van der Waals surface area (Å²) in [5, 5.41) is 3.47. The van der Waals surface area contributed by atoms with Gasteiger partial charge < -0.3 is 5.32 Å². The standard InChI is InChI=1S/C19H25N/c1-4-11-20-14-17-10-9-15(3)19(13-17)18-8-6-7-16(5-2)12-18/h6-10,12-13,20H,4-5,11,14H2,1-3H3. The van der Waals surface area contributed by atoms with Crippen LogP contribution in [-0.4, -0.2) is 6.54 Å².